The van der Waals surface area contributed by atoms with Crippen LogP contribution in [0.2, 0.25) is 0 Å². The molecule has 0 bridgehead atoms. The lowest BCUT2D eigenvalue weighted by Crippen LogP contribution is -2.12. The molecule has 1 aliphatic rings. The molecule has 0 aliphatic heterocycles. The largest absolute Gasteiger partial charge is 0.494 e. The molecule has 2 aromatic rings. The van der Waals surface area contributed by atoms with Crippen LogP contribution in [0.15, 0.2) is 61.2 Å². The minimum atomic E-state index is 0.532. The lowest BCUT2D eigenvalue weighted by atomic mass is 9.79. The second-order valence-corrected chi connectivity index (χ2v) is 7.34. The van der Waals surface area contributed by atoms with Gasteiger partial charge in [0.25, 0.3) is 0 Å². The molecule has 0 atom stereocenters. The van der Waals surface area contributed by atoms with E-state index in [0.29, 0.717) is 11.8 Å². The molecule has 0 aromatic heterocycles. The molecule has 27 heavy (non-hydrogen) atoms. The van der Waals surface area contributed by atoms with Gasteiger partial charge in [0.1, 0.15) is 5.75 Å². The Hall–Kier alpha value is -2.46. The topological polar surface area (TPSA) is 9.23 Å². The van der Waals surface area contributed by atoms with E-state index in [0.717, 1.165) is 30.8 Å². The maximum absolute atomic E-state index is 5.54. The standard InChI is InChI=1S/C26H30O/c1-3-5-6-21-7-9-22(10-8-21)11-12-23-13-15-24(16-14-23)25-17-19-26(20-18-25)27-4-2/h3,7-10,17-20,23-24H,1,4-6,13-16H2,2H3/t23-,24-. The van der Waals surface area contributed by atoms with Crippen LogP contribution in [0.4, 0.5) is 0 Å². The summed E-state index contributed by atoms with van der Waals surface area (Å²) in [4.78, 5) is 0. The number of aryl methyl sites for hydroxylation is 1. The summed E-state index contributed by atoms with van der Waals surface area (Å²) < 4.78 is 5.54. The van der Waals surface area contributed by atoms with Gasteiger partial charge in [-0.2, -0.15) is 0 Å². The third kappa shape index (κ3) is 5.76. The van der Waals surface area contributed by atoms with E-state index in [1.807, 2.05) is 13.0 Å². The van der Waals surface area contributed by atoms with Gasteiger partial charge in [-0.15, -0.1) is 6.58 Å². The van der Waals surface area contributed by atoms with Crippen LogP contribution in [-0.4, -0.2) is 6.61 Å². The smallest absolute Gasteiger partial charge is 0.119 e. The summed E-state index contributed by atoms with van der Waals surface area (Å²) in [5, 5.41) is 0. The molecule has 0 unspecified atom stereocenters. The van der Waals surface area contributed by atoms with Crippen molar-refractivity contribution >= 4 is 0 Å². The molecule has 1 fully saturated rings. The highest BCUT2D eigenvalue weighted by Crippen LogP contribution is 2.36. The number of hydrogen-bond donors (Lipinski definition) is 0. The van der Waals surface area contributed by atoms with E-state index in [1.54, 1.807) is 0 Å². The SMILES string of the molecule is C=CCCc1ccc(C#C[C@H]2CC[C@H](c3ccc(OCC)cc3)CC2)cc1. The second kappa shape index (κ2) is 10.0. The van der Waals surface area contributed by atoms with Gasteiger partial charge in [0.05, 0.1) is 6.61 Å². The quantitative estimate of drug-likeness (QED) is 0.421. The molecule has 1 saturated carbocycles. The van der Waals surface area contributed by atoms with E-state index in [9.17, 15) is 0 Å². The Morgan fingerprint density at radius 1 is 1.00 bits per heavy atom. The van der Waals surface area contributed by atoms with Crippen molar-refractivity contribution in [3.05, 3.63) is 77.9 Å². The fourth-order valence-corrected chi connectivity index (χ4v) is 3.78. The third-order valence-corrected chi connectivity index (χ3v) is 5.40. The van der Waals surface area contributed by atoms with Crippen LogP contribution in [0.3, 0.4) is 0 Å². The predicted octanol–water partition coefficient (Wildman–Crippen LogP) is 6.53. The van der Waals surface area contributed by atoms with Crippen molar-refractivity contribution in [2.45, 2.75) is 51.4 Å². The number of benzene rings is 2. The van der Waals surface area contributed by atoms with Gasteiger partial charge in [-0.1, -0.05) is 42.2 Å². The van der Waals surface area contributed by atoms with Crippen molar-refractivity contribution in [3.8, 4) is 17.6 Å². The molecule has 3 rings (SSSR count). The molecule has 0 N–H and O–H groups in total. The van der Waals surface area contributed by atoms with E-state index >= 15 is 0 Å². The van der Waals surface area contributed by atoms with E-state index < -0.39 is 0 Å². The van der Waals surface area contributed by atoms with Gasteiger partial charge in [-0.25, -0.2) is 0 Å². The third-order valence-electron chi connectivity index (χ3n) is 5.40. The van der Waals surface area contributed by atoms with Gasteiger partial charge >= 0.3 is 0 Å². The molecule has 1 heteroatoms. The summed E-state index contributed by atoms with van der Waals surface area (Å²) >= 11 is 0. The van der Waals surface area contributed by atoms with Gasteiger partial charge in [-0.05, 0) is 86.8 Å². The number of rotatable bonds is 6. The Kier molecular flexibility index (Phi) is 7.17. The maximum Gasteiger partial charge on any atom is 0.119 e. The molecule has 0 saturated heterocycles. The van der Waals surface area contributed by atoms with Gasteiger partial charge in [0.15, 0.2) is 0 Å². The number of allylic oxidation sites excluding steroid dienone is 1. The first-order valence-electron chi connectivity index (χ1n) is 10.2. The van der Waals surface area contributed by atoms with Crippen LogP contribution in [0.5, 0.6) is 5.75 Å². The zero-order valence-corrected chi connectivity index (χ0v) is 16.4. The molecular weight excluding hydrogens is 328 g/mol. The number of hydrogen-bond acceptors (Lipinski definition) is 1. The van der Waals surface area contributed by atoms with Crippen molar-refractivity contribution in [3.63, 3.8) is 0 Å². The van der Waals surface area contributed by atoms with Gasteiger partial charge < -0.3 is 4.74 Å². The Balaban J connectivity index is 1.51. The minimum Gasteiger partial charge on any atom is -0.494 e. The average molecular weight is 359 g/mol. The summed E-state index contributed by atoms with van der Waals surface area (Å²) in [6.07, 6.45) is 8.92. The molecule has 140 valence electrons. The van der Waals surface area contributed by atoms with E-state index in [2.05, 4.69) is 67.0 Å². The van der Waals surface area contributed by atoms with Crippen molar-refractivity contribution in [1.82, 2.24) is 0 Å². The van der Waals surface area contributed by atoms with Crippen molar-refractivity contribution in [1.29, 1.82) is 0 Å². The summed E-state index contributed by atoms with van der Waals surface area (Å²) in [6, 6.07) is 17.3. The van der Waals surface area contributed by atoms with E-state index in [-0.39, 0.29) is 0 Å². The Labute approximate surface area is 164 Å². The first-order valence-corrected chi connectivity index (χ1v) is 10.2. The molecule has 0 spiro atoms. The van der Waals surface area contributed by atoms with E-state index in [1.165, 1.54) is 36.8 Å². The van der Waals surface area contributed by atoms with Gasteiger partial charge in [-0.3, -0.25) is 0 Å². The zero-order chi connectivity index (χ0) is 18.9. The van der Waals surface area contributed by atoms with Crippen LogP contribution in [0, 0.1) is 17.8 Å². The Bertz CT molecular complexity index is 766. The molecular formula is C26H30O. The van der Waals surface area contributed by atoms with Gasteiger partial charge in [0.2, 0.25) is 0 Å². The van der Waals surface area contributed by atoms with Crippen LogP contribution in [-0.2, 0) is 6.42 Å². The second-order valence-electron chi connectivity index (χ2n) is 7.34. The fraction of sp³-hybridized carbons (Fsp3) is 0.385. The highest BCUT2D eigenvalue weighted by molar-refractivity contribution is 5.37. The minimum absolute atomic E-state index is 0.532. The summed E-state index contributed by atoms with van der Waals surface area (Å²) in [5.41, 5.74) is 3.93. The Morgan fingerprint density at radius 3 is 2.33 bits per heavy atom. The summed E-state index contributed by atoms with van der Waals surface area (Å²) in [6.45, 7) is 6.53. The molecule has 1 aliphatic carbocycles. The summed E-state index contributed by atoms with van der Waals surface area (Å²) in [7, 11) is 0. The van der Waals surface area contributed by atoms with Crippen LogP contribution in [0.1, 0.15) is 61.6 Å². The van der Waals surface area contributed by atoms with Crippen molar-refractivity contribution in [2.75, 3.05) is 6.61 Å². The highest BCUT2D eigenvalue weighted by atomic mass is 16.5. The lowest BCUT2D eigenvalue weighted by Gasteiger charge is -2.26. The van der Waals surface area contributed by atoms with Crippen LogP contribution < -0.4 is 4.74 Å². The highest BCUT2D eigenvalue weighted by Gasteiger charge is 2.21. The van der Waals surface area contributed by atoms with Crippen LogP contribution >= 0.6 is 0 Å². The molecule has 0 heterocycles. The van der Waals surface area contributed by atoms with E-state index in [4.69, 9.17) is 4.74 Å². The Morgan fingerprint density at radius 2 is 1.70 bits per heavy atom. The molecule has 2 aromatic carbocycles. The predicted molar refractivity (Wildman–Crippen MR) is 114 cm³/mol. The zero-order valence-electron chi connectivity index (χ0n) is 16.4. The monoisotopic (exact) mass is 358 g/mol. The fourth-order valence-electron chi connectivity index (χ4n) is 3.78. The molecule has 0 radical (unpaired) electrons. The number of ether oxygens (including phenoxy) is 1. The van der Waals surface area contributed by atoms with Crippen LogP contribution in [0.25, 0.3) is 0 Å². The first-order chi connectivity index (χ1) is 13.3. The summed E-state index contributed by atoms with van der Waals surface area (Å²) in [5.74, 6) is 9.07. The van der Waals surface area contributed by atoms with Crippen molar-refractivity contribution in [2.24, 2.45) is 5.92 Å². The van der Waals surface area contributed by atoms with Gasteiger partial charge in [0, 0.05) is 11.5 Å². The average Bonchev–Trinajstić information content (AvgIpc) is 2.73. The maximum atomic E-state index is 5.54. The first kappa shape index (κ1) is 19.3. The van der Waals surface area contributed by atoms with Crippen molar-refractivity contribution < 1.29 is 4.74 Å². The molecule has 1 nitrogen and oxygen atoms in total. The lowest BCUT2D eigenvalue weighted by molar-refractivity contribution is 0.339. The molecule has 0 amide bonds. The normalized spacial score (nSPS) is 19.0.